The molecule has 0 radical (unpaired) electrons. The van der Waals surface area contributed by atoms with Crippen LogP contribution in [0.2, 0.25) is 0 Å². The molecule has 31 heavy (non-hydrogen) atoms. The number of hydrogen-bond donors (Lipinski definition) is 2. The molecule has 2 N–H and O–H groups in total. The van der Waals surface area contributed by atoms with Gasteiger partial charge in [0, 0.05) is 13.1 Å². The molecule has 2 amide bonds. The van der Waals surface area contributed by atoms with Crippen LogP contribution in [0.25, 0.3) is 11.1 Å². The minimum absolute atomic E-state index is 0.0160. The molecule has 2 aliphatic rings. The summed E-state index contributed by atoms with van der Waals surface area (Å²) in [6.45, 7) is 3.25. The SMILES string of the molecule is CC[S+](O)NC1[C@@H](F)CN(C(=O)N2CCC2)[C@H]1Cc1cccc(-c2cccc(F)c2)c1. The van der Waals surface area contributed by atoms with Gasteiger partial charge < -0.3 is 9.80 Å². The van der Waals surface area contributed by atoms with E-state index in [1.54, 1.807) is 15.9 Å². The molecular weight excluding hydrogens is 420 g/mol. The van der Waals surface area contributed by atoms with E-state index in [1.807, 2.05) is 37.3 Å². The number of halogens is 2. The number of urea groups is 1. The fraction of sp³-hybridized carbons (Fsp3) is 0.435. The molecule has 2 saturated heterocycles. The molecule has 2 heterocycles. The van der Waals surface area contributed by atoms with Crippen molar-refractivity contribution in [1.82, 2.24) is 14.5 Å². The predicted molar refractivity (Wildman–Crippen MR) is 120 cm³/mol. The highest BCUT2D eigenvalue weighted by Gasteiger charge is 2.48. The number of amides is 2. The van der Waals surface area contributed by atoms with E-state index in [4.69, 9.17) is 0 Å². The first-order valence-electron chi connectivity index (χ1n) is 10.7. The Morgan fingerprint density at radius 3 is 2.55 bits per heavy atom. The Hall–Kier alpha value is -2.16. The molecular formula is C23H28F2N3O2S+. The Morgan fingerprint density at radius 2 is 1.90 bits per heavy atom. The Morgan fingerprint density at radius 1 is 1.19 bits per heavy atom. The van der Waals surface area contributed by atoms with Crippen LogP contribution in [0.1, 0.15) is 18.9 Å². The lowest BCUT2D eigenvalue weighted by atomic mass is 9.96. The van der Waals surface area contributed by atoms with Crippen LogP contribution in [-0.4, -0.2) is 64.0 Å². The Kier molecular flexibility index (Phi) is 6.79. The maximum Gasteiger partial charge on any atom is 0.320 e. The van der Waals surface area contributed by atoms with Crippen molar-refractivity contribution < 1.29 is 18.1 Å². The van der Waals surface area contributed by atoms with Crippen molar-refractivity contribution in [2.75, 3.05) is 25.4 Å². The van der Waals surface area contributed by atoms with E-state index in [2.05, 4.69) is 4.72 Å². The number of rotatable bonds is 6. The number of likely N-dealkylation sites (tertiary alicyclic amines) is 2. The zero-order chi connectivity index (χ0) is 22.0. The van der Waals surface area contributed by atoms with Crippen LogP contribution in [0.15, 0.2) is 48.5 Å². The van der Waals surface area contributed by atoms with Crippen LogP contribution in [0.5, 0.6) is 0 Å². The highest BCUT2D eigenvalue weighted by Crippen LogP contribution is 2.29. The molecule has 0 bridgehead atoms. The second kappa shape index (κ2) is 9.54. The van der Waals surface area contributed by atoms with Gasteiger partial charge in [0.25, 0.3) is 0 Å². The average molecular weight is 449 g/mol. The van der Waals surface area contributed by atoms with Gasteiger partial charge >= 0.3 is 6.03 Å². The van der Waals surface area contributed by atoms with Crippen LogP contribution in [0.4, 0.5) is 13.6 Å². The summed E-state index contributed by atoms with van der Waals surface area (Å²) in [4.78, 5) is 16.3. The van der Waals surface area contributed by atoms with Crippen molar-refractivity contribution in [1.29, 1.82) is 0 Å². The molecule has 0 saturated carbocycles. The van der Waals surface area contributed by atoms with Crippen molar-refractivity contribution in [3.63, 3.8) is 0 Å². The zero-order valence-corrected chi connectivity index (χ0v) is 18.3. The Labute approximate surface area is 184 Å². The van der Waals surface area contributed by atoms with Gasteiger partial charge in [-0.3, -0.25) is 0 Å². The van der Waals surface area contributed by atoms with E-state index in [0.717, 1.165) is 23.1 Å². The third-order valence-electron chi connectivity index (χ3n) is 6.02. The average Bonchev–Trinajstić information content (AvgIpc) is 3.02. The van der Waals surface area contributed by atoms with E-state index in [1.165, 1.54) is 12.1 Å². The minimum Gasteiger partial charge on any atom is -0.325 e. The highest BCUT2D eigenvalue weighted by atomic mass is 32.2. The topological polar surface area (TPSA) is 55.8 Å². The van der Waals surface area contributed by atoms with Gasteiger partial charge in [0.05, 0.1) is 12.6 Å². The van der Waals surface area contributed by atoms with Crippen LogP contribution in [-0.2, 0) is 17.8 Å². The summed E-state index contributed by atoms with van der Waals surface area (Å²) in [5.74, 6) is 0.175. The molecule has 0 spiro atoms. The smallest absolute Gasteiger partial charge is 0.320 e. The van der Waals surface area contributed by atoms with Crippen LogP contribution < -0.4 is 4.72 Å². The van der Waals surface area contributed by atoms with Gasteiger partial charge in [-0.1, -0.05) is 41.1 Å². The van der Waals surface area contributed by atoms with E-state index in [9.17, 15) is 18.1 Å². The summed E-state index contributed by atoms with van der Waals surface area (Å²) >= 11 is -1.11. The number of hydrogen-bond acceptors (Lipinski definition) is 3. The minimum atomic E-state index is -1.25. The molecule has 2 aromatic carbocycles. The molecule has 2 aliphatic heterocycles. The van der Waals surface area contributed by atoms with Crippen LogP contribution in [0, 0.1) is 5.82 Å². The monoisotopic (exact) mass is 448 g/mol. The summed E-state index contributed by atoms with van der Waals surface area (Å²) in [5, 5.41) is 0. The van der Waals surface area contributed by atoms with E-state index >= 15 is 0 Å². The molecule has 4 rings (SSSR count). The largest absolute Gasteiger partial charge is 0.325 e. The van der Waals surface area contributed by atoms with Crippen molar-refractivity contribution in [2.45, 2.75) is 38.0 Å². The van der Waals surface area contributed by atoms with Crippen LogP contribution >= 0.6 is 0 Å². The van der Waals surface area contributed by atoms with Crippen molar-refractivity contribution in [2.24, 2.45) is 0 Å². The summed E-state index contributed by atoms with van der Waals surface area (Å²) in [6, 6.07) is 12.9. The van der Waals surface area contributed by atoms with Gasteiger partial charge in [-0.25, -0.2) is 13.6 Å². The summed E-state index contributed by atoms with van der Waals surface area (Å²) in [5.41, 5.74) is 2.57. The van der Waals surface area contributed by atoms with Gasteiger partial charge in [-0.15, -0.1) is 0 Å². The second-order valence-electron chi connectivity index (χ2n) is 8.07. The summed E-state index contributed by atoms with van der Waals surface area (Å²) in [6.07, 6.45) is 0.161. The number of benzene rings is 2. The molecule has 2 aromatic rings. The van der Waals surface area contributed by atoms with Crippen molar-refractivity contribution >= 4 is 17.4 Å². The van der Waals surface area contributed by atoms with Gasteiger partial charge in [-0.2, -0.15) is 4.55 Å². The molecule has 0 aromatic heterocycles. The normalized spacial score (nSPS) is 24.2. The first-order valence-corrected chi connectivity index (χ1v) is 12.0. The van der Waals surface area contributed by atoms with E-state index in [-0.39, 0.29) is 18.4 Å². The molecule has 0 aliphatic carbocycles. The summed E-state index contributed by atoms with van der Waals surface area (Å²) in [7, 11) is 0. The Balaban J connectivity index is 1.60. The van der Waals surface area contributed by atoms with Gasteiger partial charge in [0.2, 0.25) is 11.4 Å². The number of nitrogens with one attached hydrogen (secondary N) is 1. The number of carbonyl (C=O) groups is 1. The number of carbonyl (C=O) groups excluding carboxylic acids is 1. The highest BCUT2D eigenvalue weighted by molar-refractivity contribution is 7.89. The fourth-order valence-electron chi connectivity index (χ4n) is 4.20. The number of alkyl halides is 1. The molecule has 8 heteroatoms. The van der Waals surface area contributed by atoms with Crippen LogP contribution in [0.3, 0.4) is 0 Å². The molecule has 166 valence electrons. The summed E-state index contributed by atoms with van der Waals surface area (Å²) < 4.78 is 41.8. The molecule has 2 unspecified atom stereocenters. The molecule has 5 nitrogen and oxygen atoms in total. The standard InChI is InChI=1S/C23H28F2N3O2S/c1-2-31(30)26-22-20(25)15-28(23(29)27-10-5-11-27)21(22)13-16-6-3-7-17(12-16)18-8-4-9-19(24)14-18/h3-4,6-9,12,14,20-22,26,30H,2,5,10-11,13,15H2,1H3/q+1/t20-,21-,22?,31?/m0/s1. The van der Waals surface area contributed by atoms with E-state index < -0.39 is 29.6 Å². The Bertz CT molecular complexity index is 927. The van der Waals surface area contributed by atoms with Gasteiger partial charge in [0.1, 0.15) is 18.0 Å². The lowest BCUT2D eigenvalue weighted by molar-refractivity contribution is 0.120. The second-order valence-corrected chi connectivity index (χ2v) is 9.61. The van der Waals surface area contributed by atoms with Crippen molar-refractivity contribution in [3.05, 3.63) is 59.9 Å². The molecule has 2 fully saturated rings. The molecule has 4 atom stereocenters. The van der Waals surface area contributed by atoms with Gasteiger partial charge in [-0.05, 0) is 48.6 Å². The lowest BCUT2D eigenvalue weighted by Gasteiger charge is -2.37. The maximum absolute atomic E-state index is 15.0. The lowest BCUT2D eigenvalue weighted by Crippen LogP contribution is -2.54. The fourth-order valence-corrected chi connectivity index (χ4v) is 4.98. The number of nitrogens with zero attached hydrogens (tertiary/aromatic N) is 2. The first kappa shape index (κ1) is 22.0. The maximum atomic E-state index is 15.0. The third kappa shape index (κ3) is 4.86. The van der Waals surface area contributed by atoms with Crippen molar-refractivity contribution in [3.8, 4) is 11.1 Å². The van der Waals surface area contributed by atoms with Gasteiger partial charge in [0.15, 0.2) is 5.75 Å². The zero-order valence-electron chi connectivity index (χ0n) is 17.5. The first-order chi connectivity index (χ1) is 15.0. The third-order valence-corrected chi connectivity index (χ3v) is 7.11. The quantitative estimate of drug-likeness (QED) is 0.660. The predicted octanol–water partition coefficient (Wildman–Crippen LogP) is 3.87. The van der Waals surface area contributed by atoms with E-state index in [0.29, 0.717) is 25.3 Å².